The van der Waals surface area contributed by atoms with E-state index in [1.165, 1.54) is 0 Å². The van der Waals surface area contributed by atoms with Crippen LogP contribution in [0.3, 0.4) is 0 Å². The van der Waals surface area contributed by atoms with Gasteiger partial charge in [-0.15, -0.1) is 0 Å². The Bertz CT molecular complexity index is 944. The molecular weight excluding hydrogens is 376 g/mol. The second-order valence-corrected chi connectivity index (χ2v) is 7.07. The first-order valence-electron chi connectivity index (χ1n) is 10.2. The monoisotopic (exact) mass is 404 g/mol. The Morgan fingerprint density at radius 2 is 1.60 bits per heavy atom. The van der Waals surface area contributed by atoms with Crippen molar-refractivity contribution in [2.45, 2.75) is 33.0 Å². The predicted molar refractivity (Wildman–Crippen MR) is 121 cm³/mol. The Morgan fingerprint density at radius 1 is 0.900 bits per heavy atom. The Labute approximate surface area is 178 Å². The molecule has 30 heavy (non-hydrogen) atoms. The molecule has 0 aliphatic carbocycles. The fourth-order valence-corrected chi connectivity index (χ4v) is 2.79. The van der Waals surface area contributed by atoms with Crippen LogP contribution in [0.25, 0.3) is 0 Å². The SMILES string of the molecule is CCC(C)Oc1cccc(NC(=O)CNc2cccc(OCc3ccccc3)c2)c1. The highest BCUT2D eigenvalue weighted by molar-refractivity contribution is 5.93. The maximum Gasteiger partial charge on any atom is 0.243 e. The van der Waals surface area contributed by atoms with Crippen molar-refractivity contribution in [1.82, 2.24) is 0 Å². The lowest BCUT2D eigenvalue weighted by molar-refractivity contribution is -0.114. The Hall–Kier alpha value is -3.47. The molecule has 3 aromatic rings. The van der Waals surface area contributed by atoms with Crippen LogP contribution in [-0.2, 0) is 11.4 Å². The third kappa shape index (κ3) is 6.85. The molecule has 0 saturated carbocycles. The van der Waals surface area contributed by atoms with Gasteiger partial charge in [-0.1, -0.05) is 49.4 Å². The van der Waals surface area contributed by atoms with Gasteiger partial charge in [-0.05, 0) is 43.2 Å². The Kier molecular flexibility index (Phi) is 7.72. The van der Waals surface area contributed by atoms with Gasteiger partial charge in [0.25, 0.3) is 0 Å². The van der Waals surface area contributed by atoms with Crippen LogP contribution in [0.4, 0.5) is 11.4 Å². The van der Waals surface area contributed by atoms with Crippen molar-refractivity contribution < 1.29 is 14.3 Å². The van der Waals surface area contributed by atoms with Gasteiger partial charge in [0.2, 0.25) is 5.91 Å². The van der Waals surface area contributed by atoms with E-state index < -0.39 is 0 Å². The Balaban J connectivity index is 1.49. The van der Waals surface area contributed by atoms with Gasteiger partial charge in [-0.25, -0.2) is 0 Å². The second-order valence-electron chi connectivity index (χ2n) is 7.07. The smallest absolute Gasteiger partial charge is 0.243 e. The lowest BCUT2D eigenvalue weighted by Gasteiger charge is -2.14. The zero-order valence-electron chi connectivity index (χ0n) is 17.4. The summed E-state index contributed by atoms with van der Waals surface area (Å²) in [6.07, 6.45) is 1.06. The topological polar surface area (TPSA) is 59.6 Å². The van der Waals surface area contributed by atoms with E-state index in [2.05, 4.69) is 17.6 Å². The highest BCUT2D eigenvalue weighted by Crippen LogP contribution is 2.20. The standard InChI is InChI=1S/C25H28N2O3/c1-3-19(2)30-24-14-8-12-22(16-24)27-25(28)17-26-21-11-7-13-23(15-21)29-18-20-9-5-4-6-10-20/h4-16,19,26H,3,17-18H2,1-2H3,(H,27,28). The zero-order chi connectivity index (χ0) is 21.2. The molecule has 5 nitrogen and oxygen atoms in total. The maximum atomic E-state index is 12.3. The molecular formula is C25H28N2O3. The summed E-state index contributed by atoms with van der Waals surface area (Å²) >= 11 is 0. The first-order chi connectivity index (χ1) is 14.6. The fraction of sp³-hybridized carbons (Fsp3) is 0.240. The van der Waals surface area contributed by atoms with Crippen LogP contribution in [0.2, 0.25) is 0 Å². The van der Waals surface area contributed by atoms with Crippen molar-refractivity contribution in [2.24, 2.45) is 0 Å². The van der Waals surface area contributed by atoms with E-state index in [-0.39, 0.29) is 18.6 Å². The molecule has 0 aromatic heterocycles. The number of amides is 1. The van der Waals surface area contributed by atoms with Crippen molar-refractivity contribution in [1.29, 1.82) is 0 Å². The molecule has 0 bridgehead atoms. The quantitative estimate of drug-likeness (QED) is 0.469. The molecule has 3 rings (SSSR count). The van der Waals surface area contributed by atoms with E-state index >= 15 is 0 Å². The summed E-state index contributed by atoms with van der Waals surface area (Å²) < 4.78 is 11.6. The van der Waals surface area contributed by atoms with Crippen molar-refractivity contribution >= 4 is 17.3 Å². The zero-order valence-corrected chi connectivity index (χ0v) is 17.4. The molecule has 0 aliphatic rings. The van der Waals surface area contributed by atoms with E-state index in [4.69, 9.17) is 9.47 Å². The number of ether oxygens (including phenoxy) is 2. The summed E-state index contributed by atoms with van der Waals surface area (Å²) in [5, 5.41) is 6.03. The van der Waals surface area contributed by atoms with Crippen LogP contribution in [0, 0.1) is 0 Å². The molecule has 156 valence electrons. The third-order valence-electron chi connectivity index (χ3n) is 4.57. The van der Waals surface area contributed by atoms with Crippen LogP contribution in [0.5, 0.6) is 11.5 Å². The van der Waals surface area contributed by atoms with Crippen molar-refractivity contribution in [3.8, 4) is 11.5 Å². The van der Waals surface area contributed by atoms with Gasteiger partial charge >= 0.3 is 0 Å². The molecule has 5 heteroatoms. The molecule has 0 fully saturated rings. The Morgan fingerprint density at radius 3 is 2.37 bits per heavy atom. The van der Waals surface area contributed by atoms with E-state index in [1.54, 1.807) is 0 Å². The lowest BCUT2D eigenvalue weighted by atomic mass is 10.2. The van der Waals surface area contributed by atoms with Crippen molar-refractivity contribution in [2.75, 3.05) is 17.2 Å². The van der Waals surface area contributed by atoms with Crippen molar-refractivity contribution in [3.63, 3.8) is 0 Å². The van der Waals surface area contributed by atoms with Gasteiger partial charge in [-0.2, -0.15) is 0 Å². The number of rotatable bonds is 10. The summed E-state index contributed by atoms with van der Waals surface area (Å²) in [6, 6.07) is 25.0. The number of nitrogens with one attached hydrogen (secondary N) is 2. The van der Waals surface area contributed by atoms with Crippen LogP contribution >= 0.6 is 0 Å². The number of hydrogen-bond donors (Lipinski definition) is 2. The average Bonchev–Trinajstić information content (AvgIpc) is 2.77. The number of anilines is 2. The van der Waals surface area contributed by atoms with E-state index in [0.29, 0.717) is 12.3 Å². The van der Waals surface area contributed by atoms with Gasteiger partial charge < -0.3 is 20.1 Å². The third-order valence-corrected chi connectivity index (χ3v) is 4.57. The fourth-order valence-electron chi connectivity index (χ4n) is 2.79. The number of hydrogen-bond acceptors (Lipinski definition) is 4. The molecule has 1 atom stereocenters. The molecule has 1 unspecified atom stereocenters. The number of carbonyl (C=O) groups is 1. The summed E-state index contributed by atoms with van der Waals surface area (Å²) in [6.45, 7) is 4.74. The minimum Gasteiger partial charge on any atom is -0.491 e. The molecule has 0 saturated heterocycles. The van der Waals surface area contributed by atoms with E-state index in [9.17, 15) is 4.79 Å². The average molecular weight is 405 g/mol. The van der Waals surface area contributed by atoms with Gasteiger partial charge in [0.15, 0.2) is 0 Å². The molecule has 0 aliphatic heterocycles. The largest absolute Gasteiger partial charge is 0.491 e. The summed E-state index contributed by atoms with van der Waals surface area (Å²) in [7, 11) is 0. The molecule has 2 N–H and O–H groups in total. The number of carbonyl (C=O) groups excluding carboxylic acids is 1. The van der Waals surface area contributed by atoms with Gasteiger partial charge in [-0.3, -0.25) is 4.79 Å². The highest BCUT2D eigenvalue weighted by Gasteiger charge is 2.06. The van der Waals surface area contributed by atoms with Crippen LogP contribution < -0.4 is 20.1 Å². The summed E-state index contributed by atoms with van der Waals surface area (Å²) in [5.41, 5.74) is 2.64. The first-order valence-corrected chi connectivity index (χ1v) is 10.2. The maximum absolute atomic E-state index is 12.3. The summed E-state index contributed by atoms with van der Waals surface area (Å²) in [5.74, 6) is 1.36. The molecule has 0 heterocycles. The van der Waals surface area contributed by atoms with Gasteiger partial charge in [0, 0.05) is 23.5 Å². The minimum atomic E-state index is -0.133. The minimum absolute atomic E-state index is 0.133. The lowest BCUT2D eigenvalue weighted by Crippen LogP contribution is -2.21. The van der Waals surface area contributed by atoms with Gasteiger partial charge in [0.05, 0.1) is 12.6 Å². The molecule has 1 amide bonds. The number of benzene rings is 3. The normalized spacial score (nSPS) is 11.4. The van der Waals surface area contributed by atoms with Crippen LogP contribution in [0.1, 0.15) is 25.8 Å². The highest BCUT2D eigenvalue weighted by atomic mass is 16.5. The van der Waals surface area contributed by atoms with Crippen molar-refractivity contribution in [3.05, 3.63) is 84.4 Å². The molecule has 0 radical (unpaired) electrons. The first kappa shape index (κ1) is 21.2. The van der Waals surface area contributed by atoms with Crippen LogP contribution in [0.15, 0.2) is 78.9 Å². The second kappa shape index (κ2) is 10.9. The van der Waals surface area contributed by atoms with Crippen LogP contribution in [-0.4, -0.2) is 18.6 Å². The van der Waals surface area contributed by atoms with E-state index in [1.807, 2.05) is 85.8 Å². The molecule has 3 aromatic carbocycles. The predicted octanol–water partition coefficient (Wildman–Crippen LogP) is 5.49. The van der Waals surface area contributed by atoms with E-state index in [0.717, 1.165) is 29.2 Å². The van der Waals surface area contributed by atoms with Gasteiger partial charge in [0.1, 0.15) is 18.1 Å². The summed E-state index contributed by atoms with van der Waals surface area (Å²) in [4.78, 5) is 12.3. The molecule has 0 spiro atoms.